The minimum absolute atomic E-state index is 0.00984. The topological polar surface area (TPSA) is 114 Å². The lowest BCUT2D eigenvalue weighted by Crippen LogP contribution is -2.37. The quantitative estimate of drug-likeness (QED) is 0.494. The number of anilines is 1. The van der Waals surface area contributed by atoms with Gasteiger partial charge in [0.05, 0.1) is 10.8 Å². The van der Waals surface area contributed by atoms with Crippen LogP contribution in [0.3, 0.4) is 0 Å². The van der Waals surface area contributed by atoms with Gasteiger partial charge in [-0.2, -0.15) is 0 Å². The molecule has 174 valence electrons. The highest BCUT2D eigenvalue weighted by molar-refractivity contribution is 7.89. The summed E-state index contributed by atoms with van der Waals surface area (Å²) in [5.41, 5.74) is 0.653. The molecular weight excluding hydrogens is 430 g/mol. The first-order chi connectivity index (χ1) is 15.0. The van der Waals surface area contributed by atoms with E-state index in [1.165, 1.54) is 12.1 Å². The molecule has 0 aliphatic rings. The average molecular weight is 462 g/mol. The maximum atomic E-state index is 12.8. The van der Waals surface area contributed by atoms with Crippen LogP contribution in [0.25, 0.3) is 0 Å². The molecule has 2 amide bonds. The highest BCUT2D eigenvalue weighted by Crippen LogP contribution is 2.22. The van der Waals surface area contributed by atoms with Crippen molar-refractivity contribution in [1.82, 2.24) is 10.0 Å². The summed E-state index contributed by atoms with van der Waals surface area (Å²) in [6.07, 6.45) is -0.00894. The number of sulfonamides is 1. The van der Waals surface area contributed by atoms with Crippen LogP contribution in [0, 0.1) is 0 Å². The zero-order chi connectivity index (χ0) is 23.8. The molecule has 0 unspecified atom stereocenters. The third-order valence-corrected chi connectivity index (χ3v) is 5.88. The standard InChI is InChI=1S/C23H31N3O5S/c1-5-20(17-10-7-6-8-11-17)21(27)26-18-12-9-13-19(16-18)32(29,30)25-15-14-24-22(28)31-23(2,3)4/h6-13,16,20,25H,5,14-15H2,1-4H3,(H,24,28)(H,26,27)/t20-/m1/s1. The van der Waals surface area contributed by atoms with E-state index in [0.29, 0.717) is 12.1 Å². The van der Waals surface area contributed by atoms with Gasteiger partial charge in [0.25, 0.3) is 0 Å². The van der Waals surface area contributed by atoms with Gasteiger partial charge in [0.15, 0.2) is 0 Å². The third kappa shape index (κ3) is 7.97. The van der Waals surface area contributed by atoms with Gasteiger partial charge in [-0.25, -0.2) is 17.9 Å². The molecule has 1 atom stereocenters. The van der Waals surface area contributed by atoms with Crippen LogP contribution in [-0.2, 0) is 19.6 Å². The average Bonchev–Trinajstić information content (AvgIpc) is 2.71. The van der Waals surface area contributed by atoms with Crippen LogP contribution in [0.4, 0.5) is 10.5 Å². The molecule has 2 rings (SSSR count). The van der Waals surface area contributed by atoms with E-state index in [1.807, 2.05) is 37.3 Å². The molecule has 2 aromatic rings. The Hall–Kier alpha value is -2.91. The molecule has 0 saturated heterocycles. The maximum Gasteiger partial charge on any atom is 0.407 e. The number of nitrogens with one attached hydrogen (secondary N) is 3. The number of hydrogen-bond donors (Lipinski definition) is 3. The monoisotopic (exact) mass is 461 g/mol. The van der Waals surface area contributed by atoms with E-state index >= 15 is 0 Å². The fourth-order valence-corrected chi connectivity index (χ4v) is 4.05. The van der Waals surface area contributed by atoms with E-state index in [9.17, 15) is 18.0 Å². The van der Waals surface area contributed by atoms with Crippen molar-refractivity contribution in [3.05, 3.63) is 60.2 Å². The van der Waals surface area contributed by atoms with Gasteiger partial charge in [-0.3, -0.25) is 4.79 Å². The summed E-state index contributed by atoms with van der Waals surface area (Å²) in [6.45, 7) is 7.20. The molecule has 0 aliphatic carbocycles. The van der Waals surface area contributed by atoms with Gasteiger partial charge in [0, 0.05) is 18.8 Å². The number of benzene rings is 2. The van der Waals surface area contributed by atoms with Gasteiger partial charge in [0.2, 0.25) is 15.9 Å². The van der Waals surface area contributed by atoms with Crippen LogP contribution in [0.5, 0.6) is 0 Å². The third-order valence-electron chi connectivity index (χ3n) is 4.42. The lowest BCUT2D eigenvalue weighted by atomic mass is 9.95. The lowest BCUT2D eigenvalue weighted by Gasteiger charge is -2.19. The summed E-state index contributed by atoms with van der Waals surface area (Å²) in [5, 5.41) is 5.29. The molecule has 0 aromatic heterocycles. The van der Waals surface area contributed by atoms with Gasteiger partial charge in [-0.1, -0.05) is 43.3 Å². The molecule has 3 N–H and O–H groups in total. The molecule has 0 fully saturated rings. The summed E-state index contributed by atoms with van der Waals surface area (Å²) in [4.78, 5) is 24.4. The second-order valence-electron chi connectivity index (χ2n) is 8.22. The first-order valence-corrected chi connectivity index (χ1v) is 11.9. The smallest absolute Gasteiger partial charge is 0.407 e. The highest BCUT2D eigenvalue weighted by Gasteiger charge is 2.20. The number of ether oxygens (including phenoxy) is 1. The van der Waals surface area contributed by atoms with E-state index in [4.69, 9.17) is 4.74 Å². The van der Waals surface area contributed by atoms with Gasteiger partial charge >= 0.3 is 6.09 Å². The minimum Gasteiger partial charge on any atom is -0.444 e. The van der Waals surface area contributed by atoms with Crippen molar-refractivity contribution in [2.24, 2.45) is 0 Å². The highest BCUT2D eigenvalue weighted by atomic mass is 32.2. The zero-order valence-electron chi connectivity index (χ0n) is 18.8. The lowest BCUT2D eigenvalue weighted by molar-refractivity contribution is -0.117. The van der Waals surface area contributed by atoms with Crippen LogP contribution in [0.1, 0.15) is 45.6 Å². The van der Waals surface area contributed by atoms with E-state index in [2.05, 4.69) is 15.4 Å². The Morgan fingerprint density at radius 2 is 1.69 bits per heavy atom. The molecule has 0 bridgehead atoms. The summed E-state index contributed by atoms with van der Waals surface area (Å²) in [6, 6.07) is 15.5. The minimum atomic E-state index is -3.82. The van der Waals surface area contributed by atoms with Crippen LogP contribution in [0.2, 0.25) is 0 Å². The first kappa shape index (κ1) is 25.4. The zero-order valence-corrected chi connectivity index (χ0v) is 19.7. The maximum absolute atomic E-state index is 12.8. The normalized spacial score (nSPS) is 12.6. The van der Waals surface area contributed by atoms with Crippen molar-refractivity contribution in [2.45, 2.75) is 50.5 Å². The molecule has 0 radical (unpaired) electrons. The summed E-state index contributed by atoms with van der Waals surface area (Å²) >= 11 is 0. The number of carbonyl (C=O) groups is 2. The fraction of sp³-hybridized carbons (Fsp3) is 0.391. The van der Waals surface area contributed by atoms with Crippen LogP contribution in [-0.4, -0.2) is 39.1 Å². The van der Waals surface area contributed by atoms with Crippen LogP contribution in [0.15, 0.2) is 59.5 Å². The number of hydrogen-bond acceptors (Lipinski definition) is 5. The van der Waals surface area contributed by atoms with Crippen molar-refractivity contribution in [1.29, 1.82) is 0 Å². The number of rotatable bonds is 9. The van der Waals surface area contributed by atoms with Gasteiger partial charge in [-0.05, 0) is 51.0 Å². The predicted octanol–water partition coefficient (Wildman–Crippen LogP) is 3.62. The summed E-state index contributed by atoms with van der Waals surface area (Å²) in [5.74, 6) is -0.545. The predicted molar refractivity (Wildman–Crippen MR) is 124 cm³/mol. The summed E-state index contributed by atoms with van der Waals surface area (Å²) in [7, 11) is -3.82. The first-order valence-electron chi connectivity index (χ1n) is 10.4. The Morgan fingerprint density at radius 1 is 1.00 bits per heavy atom. The molecule has 0 heterocycles. The van der Waals surface area contributed by atoms with E-state index < -0.39 is 21.7 Å². The fourth-order valence-electron chi connectivity index (χ4n) is 2.98. The van der Waals surface area contributed by atoms with E-state index in [0.717, 1.165) is 5.56 Å². The Labute approximate surface area is 189 Å². The molecule has 2 aromatic carbocycles. The van der Waals surface area contributed by atoms with Crippen molar-refractivity contribution in [3.63, 3.8) is 0 Å². The number of alkyl carbamates (subject to hydrolysis) is 1. The molecule has 0 aliphatic heterocycles. The molecule has 32 heavy (non-hydrogen) atoms. The Morgan fingerprint density at radius 3 is 2.31 bits per heavy atom. The molecular formula is C23H31N3O5S. The van der Waals surface area contributed by atoms with Gasteiger partial charge < -0.3 is 15.4 Å². The second-order valence-corrected chi connectivity index (χ2v) is 9.98. The van der Waals surface area contributed by atoms with E-state index in [-0.39, 0.29) is 29.8 Å². The van der Waals surface area contributed by atoms with Gasteiger partial charge in [-0.15, -0.1) is 0 Å². The number of carbonyl (C=O) groups excluding carboxylic acids is 2. The van der Waals surface area contributed by atoms with Crippen molar-refractivity contribution < 1.29 is 22.7 Å². The van der Waals surface area contributed by atoms with Crippen molar-refractivity contribution in [3.8, 4) is 0 Å². The van der Waals surface area contributed by atoms with Crippen LogP contribution < -0.4 is 15.4 Å². The van der Waals surface area contributed by atoms with Gasteiger partial charge in [0.1, 0.15) is 5.60 Å². The Bertz CT molecular complexity index is 1020. The Balaban J connectivity index is 1.97. The SMILES string of the molecule is CC[C@@H](C(=O)Nc1cccc(S(=O)(=O)NCCNC(=O)OC(C)(C)C)c1)c1ccccc1. The van der Waals surface area contributed by atoms with Crippen molar-refractivity contribution in [2.75, 3.05) is 18.4 Å². The molecule has 8 nitrogen and oxygen atoms in total. The van der Waals surface area contributed by atoms with E-state index in [1.54, 1.807) is 32.9 Å². The summed E-state index contributed by atoms with van der Waals surface area (Å²) < 4.78 is 32.7. The second kappa shape index (κ2) is 11.1. The molecule has 0 spiro atoms. The molecule has 9 heteroatoms. The Kier molecular flexibility index (Phi) is 8.80. The van der Waals surface area contributed by atoms with Crippen molar-refractivity contribution >= 4 is 27.7 Å². The largest absolute Gasteiger partial charge is 0.444 e. The number of amides is 2. The molecule has 0 saturated carbocycles. The van der Waals surface area contributed by atoms with Crippen LogP contribution >= 0.6 is 0 Å².